The van der Waals surface area contributed by atoms with E-state index in [4.69, 9.17) is 16.3 Å². The summed E-state index contributed by atoms with van der Waals surface area (Å²) in [5, 5.41) is 4.32. The minimum atomic E-state index is 0.234. The number of hydrogen-bond acceptors (Lipinski definition) is 2. The van der Waals surface area contributed by atoms with Crippen LogP contribution in [0.4, 0.5) is 0 Å². The minimum absolute atomic E-state index is 0.234. The molecule has 0 aliphatic carbocycles. The average Bonchev–Trinajstić information content (AvgIpc) is 2.32. The Morgan fingerprint density at radius 2 is 2.00 bits per heavy atom. The van der Waals surface area contributed by atoms with E-state index in [1.807, 2.05) is 12.1 Å². The molecule has 2 fully saturated rings. The molecule has 0 saturated carbocycles. The second kappa shape index (κ2) is 4.60. The van der Waals surface area contributed by atoms with Gasteiger partial charge in [-0.1, -0.05) is 23.7 Å². The number of hydrogen-bond donors (Lipinski definition) is 1. The molecule has 2 aliphatic heterocycles. The predicted molar refractivity (Wildman–Crippen MR) is 69.5 cm³/mol. The summed E-state index contributed by atoms with van der Waals surface area (Å²) in [6.45, 7) is 4.00. The predicted octanol–water partition coefficient (Wildman–Crippen LogP) is 2.61. The fourth-order valence-electron chi connectivity index (χ4n) is 3.07. The Balaban J connectivity index is 1.87. The fraction of sp³-hybridized carbons (Fsp3) is 0.571. The van der Waals surface area contributed by atoms with Gasteiger partial charge in [0.05, 0.1) is 13.2 Å². The second-order valence-corrected chi connectivity index (χ2v) is 5.64. The third kappa shape index (κ3) is 1.99. The summed E-state index contributed by atoms with van der Waals surface area (Å²) in [5.41, 5.74) is 1.62. The highest BCUT2D eigenvalue weighted by Crippen LogP contribution is 2.42. The Morgan fingerprint density at radius 1 is 1.24 bits per heavy atom. The van der Waals surface area contributed by atoms with Crippen molar-refractivity contribution in [1.82, 2.24) is 5.32 Å². The molecule has 2 nitrogen and oxygen atoms in total. The summed E-state index contributed by atoms with van der Waals surface area (Å²) < 4.78 is 5.52. The van der Waals surface area contributed by atoms with Crippen LogP contribution in [-0.2, 0) is 10.2 Å². The van der Waals surface area contributed by atoms with Crippen LogP contribution < -0.4 is 5.32 Å². The van der Waals surface area contributed by atoms with E-state index in [0.29, 0.717) is 5.92 Å². The van der Waals surface area contributed by atoms with Gasteiger partial charge in [0.1, 0.15) is 0 Å². The quantitative estimate of drug-likeness (QED) is 0.873. The van der Waals surface area contributed by atoms with Gasteiger partial charge in [0, 0.05) is 10.4 Å². The van der Waals surface area contributed by atoms with E-state index in [1.54, 1.807) is 0 Å². The monoisotopic (exact) mass is 251 g/mol. The first-order valence-electron chi connectivity index (χ1n) is 6.36. The lowest BCUT2D eigenvalue weighted by Crippen LogP contribution is -2.56. The molecular weight excluding hydrogens is 234 g/mol. The van der Waals surface area contributed by atoms with Gasteiger partial charge in [0.15, 0.2) is 0 Å². The number of nitrogens with one attached hydrogen (secondary N) is 1. The zero-order valence-corrected chi connectivity index (χ0v) is 10.7. The van der Waals surface area contributed by atoms with Crippen LogP contribution in [0.15, 0.2) is 24.3 Å². The Bertz CT molecular complexity index is 380. The van der Waals surface area contributed by atoms with Crippen molar-refractivity contribution in [3.63, 3.8) is 0 Å². The van der Waals surface area contributed by atoms with Gasteiger partial charge in [-0.15, -0.1) is 0 Å². The van der Waals surface area contributed by atoms with Crippen LogP contribution >= 0.6 is 11.6 Å². The Kier molecular flexibility index (Phi) is 3.12. The molecule has 2 saturated heterocycles. The molecule has 1 atom stereocenters. The van der Waals surface area contributed by atoms with Gasteiger partial charge in [0.2, 0.25) is 0 Å². The molecule has 2 aliphatic rings. The molecule has 1 aromatic carbocycles. The molecule has 1 unspecified atom stereocenters. The SMILES string of the molecule is Clc1ccc(C2(C3CCCNC3)COC2)cc1. The second-order valence-electron chi connectivity index (χ2n) is 5.20. The summed E-state index contributed by atoms with van der Waals surface area (Å²) in [7, 11) is 0. The van der Waals surface area contributed by atoms with Crippen molar-refractivity contribution in [2.45, 2.75) is 18.3 Å². The lowest BCUT2D eigenvalue weighted by molar-refractivity contribution is -0.0947. The van der Waals surface area contributed by atoms with Gasteiger partial charge < -0.3 is 10.1 Å². The van der Waals surface area contributed by atoms with Gasteiger partial charge in [-0.3, -0.25) is 0 Å². The number of ether oxygens (including phenoxy) is 1. The zero-order chi connectivity index (χ0) is 11.7. The fourth-order valence-corrected chi connectivity index (χ4v) is 3.19. The molecule has 3 heteroatoms. The van der Waals surface area contributed by atoms with Gasteiger partial charge in [-0.25, -0.2) is 0 Å². The van der Waals surface area contributed by atoms with E-state index >= 15 is 0 Å². The zero-order valence-electron chi connectivity index (χ0n) is 9.92. The summed E-state index contributed by atoms with van der Waals surface area (Å²) >= 11 is 5.97. The van der Waals surface area contributed by atoms with E-state index in [0.717, 1.165) is 31.3 Å². The van der Waals surface area contributed by atoms with Crippen molar-refractivity contribution in [3.8, 4) is 0 Å². The van der Waals surface area contributed by atoms with Crippen molar-refractivity contribution in [1.29, 1.82) is 0 Å². The standard InChI is InChI=1S/C14H18ClNO/c15-13-5-3-11(4-6-13)14(9-17-10-14)12-2-1-7-16-8-12/h3-6,12,16H,1-2,7-10H2. The minimum Gasteiger partial charge on any atom is -0.379 e. The van der Waals surface area contributed by atoms with Gasteiger partial charge in [-0.2, -0.15) is 0 Å². The maximum atomic E-state index is 5.97. The molecular formula is C14H18ClNO. The van der Waals surface area contributed by atoms with E-state index in [2.05, 4.69) is 17.4 Å². The van der Waals surface area contributed by atoms with Gasteiger partial charge in [0.25, 0.3) is 0 Å². The summed E-state index contributed by atoms with van der Waals surface area (Å²) in [6.07, 6.45) is 2.58. The molecule has 0 radical (unpaired) electrons. The van der Waals surface area contributed by atoms with Crippen LogP contribution in [0.1, 0.15) is 18.4 Å². The Labute approximate surface area is 107 Å². The van der Waals surface area contributed by atoms with E-state index in [9.17, 15) is 0 Å². The summed E-state index contributed by atoms with van der Waals surface area (Å²) in [4.78, 5) is 0. The first kappa shape index (κ1) is 11.5. The molecule has 1 aromatic rings. The Hall–Kier alpha value is -0.570. The first-order chi connectivity index (χ1) is 8.31. The molecule has 0 spiro atoms. The smallest absolute Gasteiger partial charge is 0.0588 e. The van der Waals surface area contributed by atoms with Crippen LogP contribution in [0.2, 0.25) is 5.02 Å². The van der Waals surface area contributed by atoms with Crippen molar-refractivity contribution < 1.29 is 4.74 Å². The number of benzene rings is 1. The molecule has 0 amide bonds. The van der Waals surface area contributed by atoms with E-state index in [1.165, 1.54) is 18.4 Å². The summed E-state index contributed by atoms with van der Waals surface area (Å²) in [5.74, 6) is 0.700. The van der Waals surface area contributed by atoms with Crippen LogP contribution in [0.5, 0.6) is 0 Å². The van der Waals surface area contributed by atoms with Crippen molar-refractivity contribution >= 4 is 11.6 Å². The number of piperidine rings is 1. The first-order valence-corrected chi connectivity index (χ1v) is 6.74. The average molecular weight is 252 g/mol. The molecule has 92 valence electrons. The molecule has 17 heavy (non-hydrogen) atoms. The van der Waals surface area contributed by atoms with Crippen LogP contribution in [-0.4, -0.2) is 26.3 Å². The molecule has 0 aromatic heterocycles. The van der Waals surface area contributed by atoms with Crippen LogP contribution in [0, 0.1) is 5.92 Å². The number of halogens is 1. The highest BCUT2D eigenvalue weighted by atomic mass is 35.5. The van der Waals surface area contributed by atoms with E-state index in [-0.39, 0.29) is 5.41 Å². The van der Waals surface area contributed by atoms with Crippen LogP contribution in [0.25, 0.3) is 0 Å². The highest BCUT2D eigenvalue weighted by molar-refractivity contribution is 6.30. The maximum Gasteiger partial charge on any atom is 0.0588 e. The summed E-state index contributed by atoms with van der Waals surface area (Å²) in [6, 6.07) is 8.32. The lowest BCUT2D eigenvalue weighted by Gasteiger charge is -2.49. The lowest BCUT2D eigenvalue weighted by atomic mass is 9.66. The topological polar surface area (TPSA) is 21.3 Å². The largest absolute Gasteiger partial charge is 0.379 e. The van der Waals surface area contributed by atoms with Gasteiger partial charge in [-0.05, 0) is 49.5 Å². The number of rotatable bonds is 2. The van der Waals surface area contributed by atoms with Gasteiger partial charge >= 0.3 is 0 Å². The van der Waals surface area contributed by atoms with Crippen molar-refractivity contribution in [2.24, 2.45) is 5.92 Å². The molecule has 0 bridgehead atoms. The van der Waals surface area contributed by atoms with Crippen molar-refractivity contribution in [2.75, 3.05) is 26.3 Å². The molecule has 2 heterocycles. The molecule has 3 rings (SSSR count). The highest BCUT2D eigenvalue weighted by Gasteiger charge is 2.46. The normalized spacial score (nSPS) is 27.5. The third-order valence-electron chi connectivity index (χ3n) is 4.22. The third-order valence-corrected chi connectivity index (χ3v) is 4.47. The Morgan fingerprint density at radius 3 is 2.53 bits per heavy atom. The van der Waals surface area contributed by atoms with Crippen molar-refractivity contribution in [3.05, 3.63) is 34.9 Å². The van der Waals surface area contributed by atoms with E-state index < -0.39 is 0 Å². The molecule has 1 N–H and O–H groups in total. The maximum absolute atomic E-state index is 5.97. The van der Waals surface area contributed by atoms with Crippen LogP contribution in [0.3, 0.4) is 0 Å².